The number of ether oxygens (including phenoxy) is 1. The Morgan fingerprint density at radius 1 is 1.25 bits per heavy atom. The van der Waals surface area contributed by atoms with Gasteiger partial charge in [0.2, 0.25) is 0 Å². The van der Waals surface area contributed by atoms with Crippen LogP contribution in [0, 0.1) is 5.41 Å². The van der Waals surface area contributed by atoms with Gasteiger partial charge in [0.15, 0.2) is 0 Å². The van der Waals surface area contributed by atoms with Gasteiger partial charge in [0.1, 0.15) is 5.75 Å². The van der Waals surface area contributed by atoms with Crippen LogP contribution < -0.4 is 5.32 Å². The fraction of sp³-hybridized carbons (Fsp3) is 0.647. The Balaban J connectivity index is 1.69. The quantitative estimate of drug-likeness (QED) is 0.839. The number of hydrogen-bond donors (Lipinski definition) is 2. The van der Waals surface area contributed by atoms with Crippen LogP contribution >= 0.6 is 0 Å². The molecule has 1 aromatic carbocycles. The first-order chi connectivity index (χ1) is 9.57. The molecule has 1 aliphatic rings. The van der Waals surface area contributed by atoms with Gasteiger partial charge in [-0.3, -0.25) is 0 Å². The largest absolute Gasteiger partial charge is 0.508 e. The summed E-state index contributed by atoms with van der Waals surface area (Å²) in [6, 6.07) is 8.04. The van der Waals surface area contributed by atoms with Crippen molar-refractivity contribution in [2.75, 3.05) is 19.8 Å². The molecular formula is C17H27NO2. The number of aromatic hydroxyl groups is 1. The second-order valence-electron chi connectivity index (χ2n) is 6.41. The predicted molar refractivity (Wildman–Crippen MR) is 82.1 cm³/mol. The van der Waals surface area contributed by atoms with Gasteiger partial charge in [-0.05, 0) is 55.7 Å². The van der Waals surface area contributed by atoms with Gasteiger partial charge in [-0.15, -0.1) is 0 Å². The first-order valence-corrected chi connectivity index (χ1v) is 7.66. The van der Waals surface area contributed by atoms with Gasteiger partial charge in [-0.2, -0.15) is 0 Å². The van der Waals surface area contributed by atoms with Gasteiger partial charge >= 0.3 is 0 Å². The molecule has 1 saturated heterocycles. The average molecular weight is 277 g/mol. The second kappa shape index (κ2) is 7.09. The molecule has 1 aromatic rings. The highest BCUT2D eigenvalue weighted by molar-refractivity contribution is 5.25. The summed E-state index contributed by atoms with van der Waals surface area (Å²) in [5, 5.41) is 12.9. The Morgan fingerprint density at radius 3 is 2.55 bits per heavy atom. The summed E-state index contributed by atoms with van der Waals surface area (Å²) in [5.41, 5.74) is 1.68. The van der Waals surface area contributed by atoms with Crippen molar-refractivity contribution in [2.24, 2.45) is 5.41 Å². The zero-order valence-corrected chi connectivity index (χ0v) is 12.7. The zero-order valence-electron chi connectivity index (χ0n) is 12.7. The molecule has 112 valence electrons. The molecule has 1 unspecified atom stereocenters. The van der Waals surface area contributed by atoms with E-state index in [0.717, 1.165) is 45.4 Å². The van der Waals surface area contributed by atoms with Crippen molar-refractivity contribution in [3.63, 3.8) is 0 Å². The molecule has 1 heterocycles. The highest BCUT2D eigenvalue weighted by Gasteiger charge is 2.27. The monoisotopic (exact) mass is 277 g/mol. The maximum atomic E-state index is 9.27. The summed E-state index contributed by atoms with van der Waals surface area (Å²) in [6.45, 7) is 7.49. The van der Waals surface area contributed by atoms with Crippen molar-refractivity contribution in [3.05, 3.63) is 29.8 Å². The molecule has 2 rings (SSSR count). The van der Waals surface area contributed by atoms with Crippen molar-refractivity contribution in [2.45, 2.75) is 45.6 Å². The first-order valence-electron chi connectivity index (χ1n) is 7.66. The fourth-order valence-corrected chi connectivity index (χ4v) is 2.61. The highest BCUT2D eigenvalue weighted by atomic mass is 16.5. The molecule has 0 amide bonds. The third-order valence-corrected chi connectivity index (χ3v) is 4.38. The number of nitrogens with one attached hydrogen (secondary N) is 1. The van der Waals surface area contributed by atoms with Crippen molar-refractivity contribution in [3.8, 4) is 5.75 Å². The van der Waals surface area contributed by atoms with E-state index in [1.807, 2.05) is 12.1 Å². The molecule has 0 bridgehead atoms. The predicted octanol–water partition coefficient (Wildman–Crippen LogP) is 3.12. The molecule has 0 spiro atoms. The van der Waals surface area contributed by atoms with Crippen LogP contribution in [0.5, 0.6) is 5.75 Å². The number of rotatable bonds is 6. The molecule has 3 nitrogen and oxygen atoms in total. The minimum Gasteiger partial charge on any atom is -0.508 e. The van der Waals surface area contributed by atoms with E-state index < -0.39 is 0 Å². The number of benzene rings is 1. The Labute approximate surface area is 122 Å². The van der Waals surface area contributed by atoms with Crippen LogP contribution in [-0.4, -0.2) is 30.9 Å². The minimum atomic E-state index is 0.340. The molecule has 0 aromatic heterocycles. The van der Waals surface area contributed by atoms with Gasteiger partial charge in [-0.1, -0.05) is 19.1 Å². The SMILES string of the molecule is CC(CCc1ccc(O)cc1)NCC1(C)CCOCC1. The number of phenolic OH excluding ortho intramolecular Hbond substituents is 1. The molecule has 0 saturated carbocycles. The van der Waals surface area contributed by atoms with E-state index in [1.54, 1.807) is 12.1 Å². The fourth-order valence-electron chi connectivity index (χ4n) is 2.61. The Kier molecular flexibility index (Phi) is 5.44. The van der Waals surface area contributed by atoms with Crippen LogP contribution in [0.2, 0.25) is 0 Å². The first kappa shape index (κ1) is 15.3. The molecule has 1 fully saturated rings. The Bertz CT molecular complexity index is 396. The molecule has 20 heavy (non-hydrogen) atoms. The van der Waals surface area contributed by atoms with E-state index >= 15 is 0 Å². The normalized spacial score (nSPS) is 19.7. The van der Waals surface area contributed by atoms with Gasteiger partial charge in [0.25, 0.3) is 0 Å². The average Bonchev–Trinajstić information content (AvgIpc) is 2.45. The van der Waals surface area contributed by atoms with Crippen molar-refractivity contribution in [1.29, 1.82) is 0 Å². The van der Waals surface area contributed by atoms with Crippen LogP contribution in [0.25, 0.3) is 0 Å². The van der Waals surface area contributed by atoms with Gasteiger partial charge in [0.05, 0.1) is 0 Å². The van der Waals surface area contributed by atoms with Gasteiger partial charge in [0, 0.05) is 25.8 Å². The summed E-state index contributed by atoms with van der Waals surface area (Å²) in [4.78, 5) is 0. The summed E-state index contributed by atoms with van der Waals surface area (Å²) in [6.07, 6.45) is 4.49. The van der Waals surface area contributed by atoms with Crippen molar-refractivity contribution >= 4 is 0 Å². The molecule has 1 aliphatic heterocycles. The molecule has 2 N–H and O–H groups in total. The van der Waals surface area contributed by atoms with Gasteiger partial charge < -0.3 is 15.2 Å². The molecule has 0 radical (unpaired) electrons. The van der Waals surface area contributed by atoms with Gasteiger partial charge in [-0.25, -0.2) is 0 Å². The highest BCUT2D eigenvalue weighted by Crippen LogP contribution is 2.28. The van der Waals surface area contributed by atoms with Crippen LogP contribution in [0.4, 0.5) is 0 Å². The van der Waals surface area contributed by atoms with E-state index in [2.05, 4.69) is 19.2 Å². The van der Waals surface area contributed by atoms with Crippen molar-refractivity contribution in [1.82, 2.24) is 5.32 Å². The van der Waals surface area contributed by atoms with Crippen LogP contribution in [0.3, 0.4) is 0 Å². The van der Waals surface area contributed by atoms with Crippen molar-refractivity contribution < 1.29 is 9.84 Å². The van der Waals surface area contributed by atoms with Crippen LogP contribution in [0.15, 0.2) is 24.3 Å². The lowest BCUT2D eigenvalue weighted by molar-refractivity contribution is 0.0230. The maximum absolute atomic E-state index is 9.27. The number of phenols is 1. The Morgan fingerprint density at radius 2 is 1.90 bits per heavy atom. The lowest BCUT2D eigenvalue weighted by Crippen LogP contribution is -2.40. The summed E-state index contributed by atoms with van der Waals surface area (Å²) >= 11 is 0. The lowest BCUT2D eigenvalue weighted by Gasteiger charge is -2.34. The van der Waals surface area contributed by atoms with Crippen LogP contribution in [0.1, 0.15) is 38.7 Å². The third-order valence-electron chi connectivity index (χ3n) is 4.38. The molecule has 0 aliphatic carbocycles. The van der Waals surface area contributed by atoms with E-state index in [0.29, 0.717) is 17.2 Å². The topological polar surface area (TPSA) is 41.5 Å². The molecular weight excluding hydrogens is 250 g/mol. The summed E-state index contributed by atoms with van der Waals surface area (Å²) < 4.78 is 5.44. The minimum absolute atomic E-state index is 0.340. The standard InChI is InChI=1S/C17H27NO2/c1-14(3-4-15-5-7-16(19)8-6-15)18-13-17(2)9-11-20-12-10-17/h5-8,14,18-19H,3-4,9-13H2,1-2H3. The molecule has 3 heteroatoms. The second-order valence-corrected chi connectivity index (χ2v) is 6.41. The Hall–Kier alpha value is -1.06. The van der Waals surface area contributed by atoms with E-state index in [4.69, 9.17) is 4.74 Å². The third kappa shape index (κ3) is 4.80. The smallest absolute Gasteiger partial charge is 0.115 e. The lowest BCUT2D eigenvalue weighted by atomic mass is 9.82. The number of hydrogen-bond acceptors (Lipinski definition) is 3. The van der Waals surface area contributed by atoms with E-state index in [1.165, 1.54) is 5.56 Å². The summed E-state index contributed by atoms with van der Waals surface area (Å²) in [7, 11) is 0. The van der Waals surface area contributed by atoms with E-state index in [9.17, 15) is 5.11 Å². The van der Waals surface area contributed by atoms with E-state index in [-0.39, 0.29) is 0 Å². The summed E-state index contributed by atoms with van der Waals surface area (Å²) in [5.74, 6) is 0.340. The molecule has 1 atom stereocenters. The maximum Gasteiger partial charge on any atom is 0.115 e. The zero-order chi connectivity index (χ0) is 14.4. The number of aryl methyl sites for hydroxylation is 1. The van der Waals surface area contributed by atoms with Crippen LogP contribution in [-0.2, 0) is 11.2 Å².